The maximum Gasteiger partial charge on any atom is 0.239 e. The number of nitrogen functional groups attached to an aromatic ring is 1. The van der Waals surface area contributed by atoms with Crippen LogP contribution in [0.15, 0.2) is 12.1 Å². The van der Waals surface area contributed by atoms with Gasteiger partial charge in [-0.3, -0.25) is 0 Å². The predicted molar refractivity (Wildman–Crippen MR) is 90.9 cm³/mol. The maximum atomic E-state index is 5.93. The van der Waals surface area contributed by atoms with Crippen LogP contribution < -0.4 is 15.8 Å². The smallest absolute Gasteiger partial charge is 0.239 e. The number of hydrogen-bond donors (Lipinski definition) is 2. The summed E-state index contributed by atoms with van der Waals surface area (Å²) in [5.74, 6) is 1.33. The van der Waals surface area contributed by atoms with Gasteiger partial charge in [0.2, 0.25) is 5.88 Å². The van der Waals surface area contributed by atoms with Gasteiger partial charge in [0.1, 0.15) is 11.4 Å². The van der Waals surface area contributed by atoms with Crippen molar-refractivity contribution in [2.45, 2.75) is 78.4 Å². The molecule has 0 aliphatic rings. The van der Waals surface area contributed by atoms with Crippen molar-refractivity contribution in [2.75, 3.05) is 11.1 Å². The summed E-state index contributed by atoms with van der Waals surface area (Å²) in [6, 6.07) is 4.16. The van der Waals surface area contributed by atoms with E-state index in [9.17, 15) is 0 Å². The van der Waals surface area contributed by atoms with Gasteiger partial charge in [-0.1, -0.05) is 32.6 Å². The molecular weight excluding hydrogens is 262 g/mol. The van der Waals surface area contributed by atoms with E-state index in [0.29, 0.717) is 17.6 Å². The molecule has 0 saturated carbocycles. The summed E-state index contributed by atoms with van der Waals surface area (Å²) in [6.07, 6.45) is 6.30. The number of pyridine rings is 1. The van der Waals surface area contributed by atoms with E-state index in [2.05, 4.69) is 24.1 Å². The molecule has 1 atom stereocenters. The molecule has 4 nitrogen and oxygen atoms in total. The second kappa shape index (κ2) is 8.11. The average Bonchev–Trinajstić information content (AvgIpc) is 2.37. The van der Waals surface area contributed by atoms with Crippen LogP contribution in [0.3, 0.4) is 0 Å². The molecule has 0 radical (unpaired) electrons. The van der Waals surface area contributed by atoms with E-state index in [-0.39, 0.29) is 5.60 Å². The monoisotopic (exact) mass is 293 g/mol. The summed E-state index contributed by atoms with van der Waals surface area (Å²) in [5, 5.41) is 3.43. The summed E-state index contributed by atoms with van der Waals surface area (Å²) < 4.78 is 5.79. The number of nitrogens with two attached hydrogens (primary N) is 1. The number of ether oxygens (including phenoxy) is 1. The second-order valence-electron chi connectivity index (χ2n) is 6.70. The zero-order valence-electron chi connectivity index (χ0n) is 14.2. The third-order valence-electron chi connectivity index (χ3n) is 3.18. The van der Waals surface area contributed by atoms with E-state index < -0.39 is 0 Å². The first kappa shape index (κ1) is 17.6. The predicted octanol–water partition coefficient (Wildman–Crippen LogP) is 4.61. The molecular formula is C17H31N3O. The quantitative estimate of drug-likeness (QED) is 0.687. The van der Waals surface area contributed by atoms with Gasteiger partial charge in [-0.2, -0.15) is 4.98 Å². The molecule has 1 unspecified atom stereocenters. The van der Waals surface area contributed by atoms with Crippen molar-refractivity contribution in [3.8, 4) is 5.88 Å². The highest BCUT2D eigenvalue weighted by atomic mass is 16.5. The lowest BCUT2D eigenvalue weighted by Gasteiger charge is -2.22. The minimum atomic E-state index is -0.300. The van der Waals surface area contributed by atoms with Gasteiger partial charge in [0, 0.05) is 6.04 Å². The van der Waals surface area contributed by atoms with Crippen LogP contribution in [-0.4, -0.2) is 16.6 Å². The Kier molecular flexibility index (Phi) is 6.79. The van der Waals surface area contributed by atoms with Crippen LogP contribution in [0.2, 0.25) is 0 Å². The zero-order valence-corrected chi connectivity index (χ0v) is 14.2. The van der Waals surface area contributed by atoms with Crippen LogP contribution in [0, 0.1) is 0 Å². The lowest BCUT2D eigenvalue weighted by molar-refractivity contribution is 0.125. The molecule has 0 saturated heterocycles. The molecule has 21 heavy (non-hydrogen) atoms. The van der Waals surface area contributed by atoms with E-state index in [1.807, 2.05) is 32.9 Å². The van der Waals surface area contributed by atoms with E-state index >= 15 is 0 Å². The van der Waals surface area contributed by atoms with Crippen LogP contribution in [-0.2, 0) is 0 Å². The number of hydrogen-bond acceptors (Lipinski definition) is 4. The van der Waals surface area contributed by atoms with Crippen LogP contribution in [0.4, 0.5) is 11.5 Å². The van der Waals surface area contributed by atoms with Gasteiger partial charge >= 0.3 is 0 Å². The molecule has 0 aliphatic heterocycles. The van der Waals surface area contributed by atoms with Crippen LogP contribution in [0.25, 0.3) is 0 Å². The van der Waals surface area contributed by atoms with Crippen molar-refractivity contribution in [2.24, 2.45) is 0 Å². The van der Waals surface area contributed by atoms with Crippen LogP contribution in [0.1, 0.15) is 66.7 Å². The molecule has 0 bridgehead atoms. The molecule has 0 spiro atoms. The Balaban J connectivity index is 2.57. The molecule has 1 aromatic heterocycles. The molecule has 1 aromatic rings. The molecule has 1 rings (SSSR count). The molecule has 1 heterocycles. The molecule has 120 valence electrons. The lowest BCUT2D eigenvalue weighted by Crippen LogP contribution is -2.24. The van der Waals surface area contributed by atoms with Crippen molar-refractivity contribution >= 4 is 11.5 Å². The highest BCUT2D eigenvalue weighted by Crippen LogP contribution is 2.25. The second-order valence-corrected chi connectivity index (χ2v) is 6.70. The average molecular weight is 293 g/mol. The van der Waals surface area contributed by atoms with Gasteiger partial charge in [-0.25, -0.2) is 0 Å². The summed E-state index contributed by atoms with van der Waals surface area (Å²) >= 11 is 0. The van der Waals surface area contributed by atoms with Gasteiger partial charge in [0.25, 0.3) is 0 Å². The Bertz CT molecular complexity index is 427. The Morgan fingerprint density at radius 2 is 1.95 bits per heavy atom. The van der Waals surface area contributed by atoms with Gasteiger partial charge in [0.05, 0.1) is 5.69 Å². The standard InChI is InChI=1S/C17H31N3O/c1-6-7-8-9-10-13(2)19-15-12-11-14(18)16(20-15)21-17(3,4)5/h11-13H,6-10,18H2,1-5H3,(H,19,20). The molecule has 0 amide bonds. The Hall–Kier alpha value is -1.45. The molecule has 0 aromatic carbocycles. The highest BCUT2D eigenvalue weighted by molar-refractivity contribution is 5.54. The SMILES string of the molecule is CCCCCCC(C)Nc1ccc(N)c(OC(C)(C)C)n1. The minimum Gasteiger partial charge on any atom is -0.470 e. The Morgan fingerprint density at radius 1 is 1.24 bits per heavy atom. The van der Waals surface area contributed by atoms with Crippen molar-refractivity contribution < 1.29 is 4.74 Å². The first-order valence-corrected chi connectivity index (χ1v) is 8.04. The fraction of sp³-hybridized carbons (Fsp3) is 0.706. The number of rotatable bonds is 8. The van der Waals surface area contributed by atoms with Crippen molar-refractivity contribution in [1.82, 2.24) is 4.98 Å². The fourth-order valence-electron chi connectivity index (χ4n) is 2.11. The molecule has 4 heteroatoms. The number of nitrogens with zero attached hydrogens (tertiary/aromatic N) is 1. The zero-order chi connectivity index (χ0) is 15.9. The summed E-state index contributed by atoms with van der Waals surface area (Å²) in [5.41, 5.74) is 6.20. The minimum absolute atomic E-state index is 0.300. The van der Waals surface area contributed by atoms with E-state index in [1.165, 1.54) is 25.7 Å². The fourth-order valence-corrected chi connectivity index (χ4v) is 2.11. The van der Waals surface area contributed by atoms with Crippen LogP contribution in [0.5, 0.6) is 5.88 Å². The van der Waals surface area contributed by atoms with Crippen molar-refractivity contribution in [3.05, 3.63) is 12.1 Å². The topological polar surface area (TPSA) is 60.2 Å². The van der Waals surface area contributed by atoms with Gasteiger partial charge in [0.15, 0.2) is 0 Å². The summed E-state index contributed by atoms with van der Waals surface area (Å²) in [6.45, 7) is 10.4. The van der Waals surface area contributed by atoms with Crippen LogP contribution >= 0.6 is 0 Å². The Labute approximate surface area is 129 Å². The third kappa shape index (κ3) is 7.21. The number of aromatic nitrogens is 1. The number of unbranched alkanes of at least 4 members (excludes halogenated alkanes) is 3. The van der Waals surface area contributed by atoms with E-state index in [1.54, 1.807) is 0 Å². The number of nitrogens with one attached hydrogen (secondary N) is 1. The van der Waals surface area contributed by atoms with Gasteiger partial charge < -0.3 is 15.8 Å². The van der Waals surface area contributed by atoms with Gasteiger partial charge in [-0.05, 0) is 46.2 Å². The summed E-state index contributed by atoms with van der Waals surface area (Å²) in [7, 11) is 0. The summed E-state index contributed by atoms with van der Waals surface area (Å²) in [4.78, 5) is 4.48. The third-order valence-corrected chi connectivity index (χ3v) is 3.18. The Morgan fingerprint density at radius 3 is 2.57 bits per heavy atom. The lowest BCUT2D eigenvalue weighted by atomic mass is 10.1. The van der Waals surface area contributed by atoms with Gasteiger partial charge in [-0.15, -0.1) is 0 Å². The van der Waals surface area contributed by atoms with Crippen molar-refractivity contribution in [1.29, 1.82) is 0 Å². The van der Waals surface area contributed by atoms with E-state index in [0.717, 1.165) is 12.2 Å². The molecule has 3 N–H and O–H groups in total. The van der Waals surface area contributed by atoms with E-state index in [4.69, 9.17) is 10.5 Å². The first-order valence-electron chi connectivity index (χ1n) is 8.04. The first-order chi connectivity index (χ1) is 9.81. The number of anilines is 2. The molecule has 0 fully saturated rings. The maximum absolute atomic E-state index is 5.93. The highest BCUT2D eigenvalue weighted by Gasteiger charge is 2.15. The molecule has 0 aliphatic carbocycles. The largest absolute Gasteiger partial charge is 0.470 e. The van der Waals surface area contributed by atoms with Crippen molar-refractivity contribution in [3.63, 3.8) is 0 Å². The normalized spacial score (nSPS) is 13.0.